The molecule has 18 heavy (non-hydrogen) atoms. The van der Waals surface area contributed by atoms with Gasteiger partial charge in [-0.1, -0.05) is 0 Å². The molecule has 0 saturated heterocycles. The van der Waals surface area contributed by atoms with Crippen molar-refractivity contribution in [3.63, 3.8) is 0 Å². The average Bonchev–Trinajstić information content (AvgIpc) is 2.32. The summed E-state index contributed by atoms with van der Waals surface area (Å²) in [7, 11) is 1.80. The molecule has 0 aliphatic rings. The van der Waals surface area contributed by atoms with E-state index >= 15 is 0 Å². The van der Waals surface area contributed by atoms with Crippen LogP contribution in [0.3, 0.4) is 0 Å². The van der Waals surface area contributed by atoms with Gasteiger partial charge in [0.05, 0.1) is 12.1 Å². The van der Waals surface area contributed by atoms with Crippen molar-refractivity contribution < 1.29 is 13.6 Å². The van der Waals surface area contributed by atoms with Gasteiger partial charge in [0, 0.05) is 11.8 Å². The fourth-order valence-corrected chi connectivity index (χ4v) is 2.28. The standard InChI is InChI=1S/C13H17F2NOS/c1-9(8-18-3)16(2)7-13(17)11-6-10(14)4-5-12(11)15/h4-6,9H,7-8H2,1-3H3. The van der Waals surface area contributed by atoms with Crippen LogP contribution in [0.25, 0.3) is 0 Å². The first kappa shape index (κ1) is 15.1. The highest BCUT2D eigenvalue weighted by atomic mass is 32.2. The van der Waals surface area contributed by atoms with Crippen molar-refractivity contribution in [1.29, 1.82) is 0 Å². The lowest BCUT2D eigenvalue weighted by atomic mass is 10.1. The number of Topliss-reactive ketones (excluding diaryl/α,β-unsaturated/α-hetero) is 1. The Labute approximate surface area is 110 Å². The van der Waals surface area contributed by atoms with Gasteiger partial charge in [-0.3, -0.25) is 9.69 Å². The zero-order valence-corrected chi connectivity index (χ0v) is 11.6. The van der Waals surface area contributed by atoms with Crippen LogP contribution in [0.5, 0.6) is 0 Å². The second-order valence-electron chi connectivity index (χ2n) is 4.27. The van der Waals surface area contributed by atoms with Crippen LogP contribution in [0.4, 0.5) is 8.78 Å². The quantitative estimate of drug-likeness (QED) is 0.743. The maximum absolute atomic E-state index is 13.4. The molecule has 100 valence electrons. The fourth-order valence-electron chi connectivity index (χ4n) is 1.55. The van der Waals surface area contributed by atoms with Crippen LogP contribution in [0.15, 0.2) is 18.2 Å². The van der Waals surface area contributed by atoms with Crippen molar-refractivity contribution in [2.24, 2.45) is 0 Å². The van der Waals surface area contributed by atoms with Crippen LogP contribution in [-0.4, -0.2) is 42.3 Å². The van der Waals surface area contributed by atoms with Gasteiger partial charge >= 0.3 is 0 Å². The van der Waals surface area contributed by atoms with E-state index in [1.807, 2.05) is 18.1 Å². The van der Waals surface area contributed by atoms with Gasteiger partial charge in [0.25, 0.3) is 0 Å². The van der Waals surface area contributed by atoms with Crippen LogP contribution in [-0.2, 0) is 0 Å². The number of thioether (sulfide) groups is 1. The minimum absolute atomic E-state index is 0.0854. The van der Waals surface area contributed by atoms with Crippen LogP contribution in [0.2, 0.25) is 0 Å². The van der Waals surface area contributed by atoms with Crippen molar-refractivity contribution in [2.45, 2.75) is 13.0 Å². The second-order valence-corrected chi connectivity index (χ2v) is 5.18. The molecule has 0 spiro atoms. The molecule has 0 N–H and O–H groups in total. The number of carbonyl (C=O) groups excluding carboxylic acids is 1. The monoisotopic (exact) mass is 273 g/mol. The molecule has 1 aromatic carbocycles. The predicted octanol–water partition coefficient (Wildman–Crippen LogP) is 2.83. The molecule has 0 saturated carbocycles. The van der Waals surface area contributed by atoms with Gasteiger partial charge in [-0.2, -0.15) is 11.8 Å². The maximum Gasteiger partial charge on any atom is 0.179 e. The topological polar surface area (TPSA) is 20.3 Å². The normalized spacial score (nSPS) is 12.8. The number of rotatable bonds is 6. The molecule has 1 unspecified atom stereocenters. The highest BCUT2D eigenvalue weighted by Crippen LogP contribution is 2.12. The molecule has 1 aromatic rings. The van der Waals surface area contributed by atoms with E-state index in [0.717, 1.165) is 24.0 Å². The number of carbonyl (C=O) groups is 1. The van der Waals surface area contributed by atoms with Gasteiger partial charge in [0.2, 0.25) is 0 Å². The average molecular weight is 273 g/mol. The number of hydrogen-bond donors (Lipinski definition) is 0. The molecular weight excluding hydrogens is 256 g/mol. The number of likely N-dealkylation sites (N-methyl/N-ethyl adjacent to an activating group) is 1. The summed E-state index contributed by atoms with van der Waals surface area (Å²) < 4.78 is 26.4. The third-order valence-electron chi connectivity index (χ3n) is 2.78. The third kappa shape index (κ3) is 4.07. The Balaban J connectivity index is 2.73. The van der Waals surface area contributed by atoms with Gasteiger partial charge in [-0.25, -0.2) is 8.78 Å². The summed E-state index contributed by atoms with van der Waals surface area (Å²) in [5.74, 6) is -0.788. The highest BCUT2D eigenvalue weighted by Gasteiger charge is 2.17. The molecule has 2 nitrogen and oxygen atoms in total. The van der Waals surface area contributed by atoms with Crippen LogP contribution >= 0.6 is 11.8 Å². The molecule has 0 bridgehead atoms. The Kier molecular flexibility index (Phi) is 5.75. The fraction of sp³-hybridized carbons (Fsp3) is 0.462. The van der Waals surface area contributed by atoms with Crippen molar-refractivity contribution in [3.05, 3.63) is 35.4 Å². The third-order valence-corrected chi connectivity index (χ3v) is 3.60. The van der Waals surface area contributed by atoms with E-state index in [2.05, 4.69) is 0 Å². The van der Waals surface area contributed by atoms with E-state index < -0.39 is 17.4 Å². The summed E-state index contributed by atoms with van der Waals surface area (Å²) in [4.78, 5) is 13.7. The van der Waals surface area contributed by atoms with E-state index in [1.165, 1.54) is 0 Å². The lowest BCUT2D eigenvalue weighted by Gasteiger charge is -2.23. The molecule has 0 heterocycles. The predicted molar refractivity (Wildman–Crippen MR) is 71.2 cm³/mol. The summed E-state index contributed by atoms with van der Waals surface area (Å²) in [5.41, 5.74) is -0.182. The van der Waals surface area contributed by atoms with E-state index in [4.69, 9.17) is 0 Å². The molecule has 0 radical (unpaired) electrons. The van der Waals surface area contributed by atoms with Gasteiger partial charge in [-0.05, 0) is 38.4 Å². The number of benzene rings is 1. The van der Waals surface area contributed by atoms with Crippen molar-refractivity contribution in [3.8, 4) is 0 Å². The van der Waals surface area contributed by atoms with Gasteiger partial charge in [0.15, 0.2) is 5.78 Å². The van der Waals surface area contributed by atoms with Gasteiger partial charge < -0.3 is 0 Å². The Morgan fingerprint density at radius 3 is 2.72 bits per heavy atom. The molecule has 1 atom stereocenters. The zero-order valence-electron chi connectivity index (χ0n) is 10.7. The van der Waals surface area contributed by atoms with Crippen molar-refractivity contribution in [2.75, 3.05) is 25.6 Å². The van der Waals surface area contributed by atoms with Crippen LogP contribution < -0.4 is 0 Å². The van der Waals surface area contributed by atoms with Gasteiger partial charge in [0.1, 0.15) is 11.6 Å². The minimum atomic E-state index is -0.674. The largest absolute Gasteiger partial charge is 0.295 e. The number of nitrogens with zero attached hydrogens (tertiary/aromatic N) is 1. The SMILES string of the molecule is CSCC(C)N(C)CC(=O)c1cc(F)ccc1F. The molecule has 0 aromatic heterocycles. The summed E-state index contributed by atoms with van der Waals surface area (Å²) in [6.07, 6.45) is 1.98. The van der Waals surface area contributed by atoms with Gasteiger partial charge in [-0.15, -0.1) is 0 Å². The zero-order chi connectivity index (χ0) is 13.7. The Morgan fingerprint density at radius 2 is 2.11 bits per heavy atom. The summed E-state index contributed by atoms with van der Waals surface area (Å²) in [6, 6.07) is 3.14. The first-order valence-electron chi connectivity index (χ1n) is 5.63. The highest BCUT2D eigenvalue weighted by molar-refractivity contribution is 7.98. The molecular formula is C13H17F2NOS. The first-order chi connectivity index (χ1) is 8.45. The Bertz CT molecular complexity index is 425. The van der Waals surface area contributed by atoms with Crippen molar-refractivity contribution in [1.82, 2.24) is 4.90 Å². The molecule has 1 rings (SSSR count). The van der Waals surface area contributed by atoms with Crippen LogP contribution in [0, 0.1) is 11.6 Å². The van der Waals surface area contributed by atoms with Crippen molar-refractivity contribution >= 4 is 17.5 Å². The number of hydrogen-bond acceptors (Lipinski definition) is 3. The second kappa shape index (κ2) is 6.85. The summed E-state index contributed by atoms with van der Waals surface area (Å²) in [6.45, 7) is 2.08. The first-order valence-corrected chi connectivity index (χ1v) is 7.02. The van der Waals surface area contributed by atoms with E-state index in [0.29, 0.717) is 0 Å². The summed E-state index contributed by atoms with van der Waals surface area (Å²) >= 11 is 1.68. The molecule has 0 amide bonds. The van der Waals surface area contributed by atoms with E-state index in [-0.39, 0.29) is 18.2 Å². The van der Waals surface area contributed by atoms with Crippen LogP contribution in [0.1, 0.15) is 17.3 Å². The Hall–Kier alpha value is -0.940. The molecule has 0 aliphatic carbocycles. The minimum Gasteiger partial charge on any atom is -0.295 e. The number of halogens is 2. The van der Waals surface area contributed by atoms with E-state index in [9.17, 15) is 13.6 Å². The molecule has 0 aliphatic heterocycles. The maximum atomic E-state index is 13.4. The number of ketones is 1. The van der Waals surface area contributed by atoms with E-state index in [1.54, 1.807) is 18.8 Å². The smallest absolute Gasteiger partial charge is 0.179 e. The lowest BCUT2D eigenvalue weighted by Crippen LogP contribution is -2.35. The Morgan fingerprint density at radius 1 is 1.44 bits per heavy atom. The summed E-state index contributed by atoms with van der Waals surface area (Å²) in [5, 5.41) is 0. The molecule has 0 fully saturated rings. The lowest BCUT2D eigenvalue weighted by molar-refractivity contribution is 0.0926. The molecule has 5 heteroatoms.